The smallest absolute Gasteiger partial charge is 0.255 e. The van der Waals surface area contributed by atoms with E-state index in [1.54, 1.807) is 0 Å². The minimum absolute atomic E-state index is 0.00177. The lowest BCUT2D eigenvalue weighted by molar-refractivity contribution is -0.132. The number of carbonyl (C=O) groups excluding carboxylic acids is 1. The van der Waals surface area contributed by atoms with Crippen molar-refractivity contribution in [3.05, 3.63) is 35.4 Å². The number of nitrogens with zero attached hydrogens (tertiary/aromatic N) is 1. The third-order valence-electron chi connectivity index (χ3n) is 2.50. The highest BCUT2D eigenvalue weighted by Crippen LogP contribution is 2.14. The molecule has 0 aliphatic rings. The van der Waals surface area contributed by atoms with Crippen molar-refractivity contribution in [3.8, 4) is 0 Å². The Morgan fingerprint density at radius 2 is 1.84 bits per heavy atom. The molecule has 0 radical (unpaired) electrons. The topological polar surface area (TPSA) is 46.3 Å². The summed E-state index contributed by atoms with van der Waals surface area (Å²) >= 11 is 0. The second-order valence-corrected chi connectivity index (χ2v) is 3.90. The van der Waals surface area contributed by atoms with Gasteiger partial charge in [0.15, 0.2) is 0 Å². The Morgan fingerprint density at radius 1 is 1.26 bits per heavy atom. The Labute approximate surface area is 108 Å². The van der Waals surface area contributed by atoms with E-state index in [1.807, 2.05) is 0 Å². The number of carbonyl (C=O) groups is 1. The number of alkyl halides is 2. The van der Waals surface area contributed by atoms with E-state index in [9.17, 15) is 22.4 Å². The van der Waals surface area contributed by atoms with Gasteiger partial charge in [-0.25, -0.2) is 17.6 Å². The lowest BCUT2D eigenvalue weighted by atomic mass is 10.1. The molecule has 19 heavy (non-hydrogen) atoms. The van der Waals surface area contributed by atoms with Gasteiger partial charge in [-0.05, 0) is 12.1 Å². The quantitative estimate of drug-likeness (QED) is 0.803. The number of benzene rings is 1. The first-order valence-electron chi connectivity index (χ1n) is 5.64. The average molecular weight is 278 g/mol. The van der Waals surface area contributed by atoms with Crippen LogP contribution in [0.3, 0.4) is 0 Å². The number of halogens is 4. The second kappa shape index (κ2) is 7.08. The summed E-state index contributed by atoms with van der Waals surface area (Å²) in [5, 5.41) is 0. The molecule has 3 nitrogen and oxygen atoms in total. The van der Waals surface area contributed by atoms with Crippen LogP contribution in [0.4, 0.5) is 17.6 Å². The van der Waals surface area contributed by atoms with Crippen LogP contribution < -0.4 is 5.73 Å². The molecule has 0 unspecified atom stereocenters. The van der Waals surface area contributed by atoms with Crippen molar-refractivity contribution >= 4 is 5.91 Å². The first-order valence-corrected chi connectivity index (χ1v) is 5.64. The normalized spacial score (nSPS) is 10.8. The number of amides is 1. The van der Waals surface area contributed by atoms with Crippen molar-refractivity contribution in [2.45, 2.75) is 12.8 Å². The number of rotatable bonds is 6. The van der Waals surface area contributed by atoms with Crippen LogP contribution in [0.2, 0.25) is 0 Å². The number of hydrogen-bond acceptors (Lipinski definition) is 2. The molecule has 7 heteroatoms. The molecule has 0 aliphatic heterocycles. The zero-order chi connectivity index (χ0) is 14.4. The van der Waals surface area contributed by atoms with Crippen molar-refractivity contribution in [2.24, 2.45) is 5.73 Å². The van der Waals surface area contributed by atoms with E-state index in [1.165, 1.54) is 0 Å². The van der Waals surface area contributed by atoms with Crippen molar-refractivity contribution < 1.29 is 22.4 Å². The molecular weight excluding hydrogens is 264 g/mol. The maximum atomic E-state index is 13.3. The van der Waals surface area contributed by atoms with E-state index >= 15 is 0 Å². The summed E-state index contributed by atoms with van der Waals surface area (Å²) in [6, 6.07) is 3.17. The largest absolute Gasteiger partial charge is 0.335 e. The van der Waals surface area contributed by atoms with Gasteiger partial charge in [-0.1, -0.05) is 6.07 Å². The monoisotopic (exact) mass is 278 g/mol. The van der Waals surface area contributed by atoms with E-state index in [4.69, 9.17) is 5.73 Å². The highest BCUT2D eigenvalue weighted by atomic mass is 19.3. The fraction of sp³-hybridized carbons (Fsp3) is 0.417. The van der Waals surface area contributed by atoms with Gasteiger partial charge >= 0.3 is 0 Å². The highest BCUT2D eigenvalue weighted by Gasteiger charge is 2.20. The van der Waals surface area contributed by atoms with Crippen molar-refractivity contribution in [3.63, 3.8) is 0 Å². The minimum Gasteiger partial charge on any atom is -0.335 e. The van der Waals surface area contributed by atoms with Gasteiger partial charge in [-0.2, -0.15) is 0 Å². The third kappa shape index (κ3) is 4.51. The fourth-order valence-corrected chi connectivity index (χ4v) is 1.60. The van der Waals surface area contributed by atoms with Gasteiger partial charge in [0.05, 0.1) is 13.0 Å². The van der Waals surface area contributed by atoms with Gasteiger partial charge in [-0.3, -0.25) is 4.79 Å². The summed E-state index contributed by atoms with van der Waals surface area (Å²) in [5.41, 5.74) is 4.78. The lowest BCUT2D eigenvalue weighted by Gasteiger charge is -2.21. The first-order chi connectivity index (χ1) is 8.95. The van der Waals surface area contributed by atoms with Gasteiger partial charge in [0.25, 0.3) is 6.43 Å². The van der Waals surface area contributed by atoms with Crippen LogP contribution in [-0.2, 0) is 11.2 Å². The second-order valence-electron chi connectivity index (χ2n) is 3.90. The van der Waals surface area contributed by atoms with E-state index in [-0.39, 0.29) is 13.1 Å². The molecule has 1 aromatic rings. The van der Waals surface area contributed by atoms with Gasteiger partial charge in [0.2, 0.25) is 5.91 Å². The van der Waals surface area contributed by atoms with Crippen LogP contribution in [0.25, 0.3) is 0 Å². The van der Waals surface area contributed by atoms with Crippen LogP contribution in [0.1, 0.15) is 5.56 Å². The molecule has 0 bridgehead atoms. The number of nitrogens with two attached hydrogens (primary N) is 1. The lowest BCUT2D eigenvalue weighted by Crippen LogP contribution is -2.39. The zero-order valence-electron chi connectivity index (χ0n) is 10.1. The maximum Gasteiger partial charge on any atom is 0.255 e. The van der Waals surface area contributed by atoms with Crippen LogP contribution in [0, 0.1) is 11.6 Å². The Morgan fingerprint density at radius 3 is 2.32 bits per heavy atom. The van der Waals surface area contributed by atoms with Gasteiger partial charge in [0, 0.05) is 18.7 Å². The molecule has 106 valence electrons. The standard InChI is InChI=1S/C12H14F4N2O/c13-9-2-1-3-10(14)8(9)6-12(19)18(5-4-17)7-11(15)16/h1-3,11H,4-7,17H2. The Bertz CT molecular complexity index is 419. The Balaban J connectivity index is 2.81. The van der Waals surface area contributed by atoms with Crippen molar-refractivity contribution in [1.29, 1.82) is 0 Å². The predicted octanol–water partition coefficient (Wildman–Crippen LogP) is 1.56. The van der Waals surface area contributed by atoms with Crippen molar-refractivity contribution in [1.82, 2.24) is 4.90 Å². The van der Waals surface area contributed by atoms with Crippen LogP contribution in [-0.4, -0.2) is 36.9 Å². The summed E-state index contributed by atoms with van der Waals surface area (Å²) in [6.45, 7) is -0.885. The molecule has 1 aromatic carbocycles. The molecule has 0 spiro atoms. The molecule has 0 aliphatic carbocycles. The van der Waals surface area contributed by atoms with E-state index in [0.29, 0.717) is 0 Å². The molecule has 0 aromatic heterocycles. The van der Waals surface area contributed by atoms with Gasteiger partial charge in [0.1, 0.15) is 11.6 Å². The van der Waals surface area contributed by atoms with Crippen LogP contribution in [0.15, 0.2) is 18.2 Å². The Hall–Kier alpha value is -1.63. The summed E-state index contributed by atoms with van der Waals surface area (Å²) in [4.78, 5) is 12.5. The minimum atomic E-state index is -2.72. The molecule has 0 heterocycles. The first kappa shape index (κ1) is 15.4. The fourth-order valence-electron chi connectivity index (χ4n) is 1.60. The SMILES string of the molecule is NCCN(CC(F)F)C(=O)Cc1c(F)cccc1F. The van der Waals surface area contributed by atoms with Gasteiger partial charge < -0.3 is 10.6 Å². The maximum absolute atomic E-state index is 13.3. The third-order valence-corrected chi connectivity index (χ3v) is 2.50. The molecule has 1 amide bonds. The summed E-state index contributed by atoms with van der Waals surface area (Å²) in [6.07, 6.45) is -3.33. The molecule has 2 N–H and O–H groups in total. The average Bonchev–Trinajstić information content (AvgIpc) is 2.32. The van der Waals surface area contributed by atoms with Crippen molar-refractivity contribution in [2.75, 3.05) is 19.6 Å². The van der Waals surface area contributed by atoms with Crippen LogP contribution in [0.5, 0.6) is 0 Å². The molecule has 0 fully saturated rings. The molecule has 0 saturated carbocycles. The molecule has 0 atom stereocenters. The summed E-state index contributed by atoms with van der Waals surface area (Å²) in [5.74, 6) is -2.54. The molecule has 1 rings (SSSR count). The van der Waals surface area contributed by atoms with E-state index < -0.39 is 42.5 Å². The Kier molecular flexibility index (Phi) is 5.75. The number of hydrogen-bond donors (Lipinski definition) is 1. The molecular formula is C12H14F4N2O. The summed E-state index contributed by atoms with van der Waals surface area (Å²) < 4.78 is 51.2. The summed E-state index contributed by atoms with van der Waals surface area (Å²) in [7, 11) is 0. The van der Waals surface area contributed by atoms with Gasteiger partial charge in [-0.15, -0.1) is 0 Å². The highest BCUT2D eigenvalue weighted by molar-refractivity contribution is 5.79. The van der Waals surface area contributed by atoms with E-state index in [2.05, 4.69) is 0 Å². The zero-order valence-corrected chi connectivity index (χ0v) is 10.1. The predicted molar refractivity (Wildman–Crippen MR) is 61.7 cm³/mol. The molecule has 0 saturated heterocycles. The van der Waals surface area contributed by atoms with Crippen LogP contribution >= 0.6 is 0 Å². The van der Waals surface area contributed by atoms with E-state index in [0.717, 1.165) is 23.1 Å².